The van der Waals surface area contributed by atoms with Gasteiger partial charge in [0.25, 0.3) is 0 Å². The maximum absolute atomic E-state index is 12.3. The van der Waals surface area contributed by atoms with Crippen LogP contribution in [-0.4, -0.2) is 78.5 Å². The van der Waals surface area contributed by atoms with Crippen LogP contribution in [0.5, 0.6) is 0 Å². The lowest BCUT2D eigenvalue weighted by molar-refractivity contribution is -0.132. The zero-order valence-electron chi connectivity index (χ0n) is 13.6. The summed E-state index contributed by atoms with van der Waals surface area (Å²) < 4.78 is 0. The number of carbonyl (C=O) groups excluding carboxylic acids is 1. The van der Waals surface area contributed by atoms with Gasteiger partial charge in [0.15, 0.2) is 0 Å². The molecule has 2 saturated heterocycles. The van der Waals surface area contributed by atoms with E-state index in [1.807, 2.05) is 18.7 Å². The number of hydrogen-bond acceptors (Lipinski definition) is 4. The third-order valence-corrected chi connectivity index (χ3v) is 4.85. The molecule has 2 atom stereocenters. The summed E-state index contributed by atoms with van der Waals surface area (Å²) in [4.78, 5) is 19.3. The molecule has 2 heterocycles. The minimum atomic E-state index is -0.342. The fourth-order valence-electron chi connectivity index (χ4n) is 3.18. The highest BCUT2D eigenvalue weighted by Crippen LogP contribution is 2.19. The molecular weight excluding hydrogens is 288 g/mol. The van der Waals surface area contributed by atoms with Crippen LogP contribution in [0.25, 0.3) is 0 Å². The van der Waals surface area contributed by atoms with Gasteiger partial charge in [-0.2, -0.15) is 0 Å². The van der Waals surface area contributed by atoms with E-state index < -0.39 is 0 Å². The van der Waals surface area contributed by atoms with Crippen molar-refractivity contribution in [2.75, 3.05) is 45.8 Å². The molecule has 0 aromatic heterocycles. The standard InChI is InChI=1S/C15H30N4O.ClH/c1-4-17-7-9-18(10-8-17)13-5-6-19(11-13)15(20)14(16)12(2)3;/h12-14H,4-11,16H2,1-3H3;1H/t13?,14-;/m0./s1. The van der Waals surface area contributed by atoms with E-state index in [4.69, 9.17) is 5.73 Å². The van der Waals surface area contributed by atoms with Crippen LogP contribution in [0.3, 0.4) is 0 Å². The van der Waals surface area contributed by atoms with Gasteiger partial charge in [0.2, 0.25) is 5.91 Å². The van der Waals surface area contributed by atoms with E-state index in [0.717, 1.165) is 52.2 Å². The van der Waals surface area contributed by atoms with Gasteiger partial charge in [0.05, 0.1) is 6.04 Å². The SMILES string of the molecule is CCN1CCN(C2CCN(C(=O)[C@@H](N)C(C)C)C2)CC1.Cl. The highest BCUT2D eigenvalue weighted by Gasteiger charge is 2.34. The zero-order valence-corrected chi connectivity index (χ0v) is 14.4. The molecule has 0 radical (unpaired) electrons. The molecule has 0 spiro atoms. The van der Waals surface area contributed by atoms with Crippen molar-refractivity contribution in [3.05, 3.63) is 0 Å². The summed E-state index contributed by atoms with van der Waals surface area (Å²) in [6, 6.07) is 0.197. The Morgan fingerprint density at radius 2 is 1.81 bits per heavy atom. The first-order valence-electron chi connectivity index (χ1n) is 8.03. The molecule has 0 bridgehead atoms. The predicted octanol–water partition coefficient (Wildman–Crippen LogP) is 0.630. The topological polar surface area (TPSA) is 52.8 Å². The Balaban J connectivity index is 0.00000220. The maximum Gasteiger partial charge on any atom is 0.239 e. The average molecular weight is 319 g/mol. The lowest BCUT2D eigenvalue weighted by Gasteiger charge is -2.37. The summed E-state index contributed by atoms with van der Waals surface area (Å²) in [5, 5.41) is 0. The normalized spacial score (nSPS) is 26.0. The number of nitrogens with two attached hydrogens (primary N) is 1. The molecule has 5 nitrogen and oxygen atoms in total. The number of hydrogen-bond donors (Lipinski definition) is 1. The van der Waals surface area contributed by atoms with Crippen LogP contribution in [0.1, 0.15) is 27.2 Å². The minimum Gasteiger partial charge on any atom is -0.340 e. The molecule has 2 N–H and O–H groups in total. The highest BCUT2D eigenvalue weighted by atomic mass is 35.5. The third kappa shape index (κ3) is 4.55. The van der Waals surface area contributed by atoms with Crippen molar-refractivity contribution in [3.63, 3.8) is 0 Å². The molecule has 124 valence electrons. The monoisotopic (exact) mass is 318 g/mol. The number of nitrogens with zero attached hydrogens (tertiary/aromatic N) is 3. The first-order valence-corrected chi connectivity index (χ1v) is 8.03. The average Bonchev–Trinajstić information content (AvgIpc) is 2.95. The fraction of sp³-hybridized carbons (Fsp3) is 0.933. The lowest BCUT2D eigenvalue weighted by Crippen LogP contribution is -2.52. The second-order valence-electron chi connectivity index (χ2n) is 6.47. The molecular formula is C15H31ClN4O. The summed E-state index contributed by atoms with van der Waals surface area (Å²) in [5.74, 6) is 0.351. The van der Waals surface area contributed by atoms with Gasteiger partial charge in [-0.15, -0.1) is 12.4 Å². The molecule has 0 aliphatic carbocycles. The Bertz CT molecular complexity index is 332. The van der Waals surface area contributed by atoms with E-state index in [0.29, 0.717) is 6.04 Å². The molecule has 1 amide bonds. The zero-order chi connectivity index (χ0) is 14.7. The maximum atomic E-state index is 12.3. The minimum absolute atomic E-state index is 0. The number of rotatable bonds is 4. The predicted molar refractivity (Wildman–Crippen MR) is 88.7 cm³/mol. The summed E-state index contributed by atoms with van der Waals surface area (Å²) in [7, 11) is 0. The molecule has 2 fully saturated rings. The molecule has 6 heteroatoms. The number of amides is 1. The summed E-state index contributed by atoms with van der Waals surface area (Å²) >= 11 is 0. The second kappa shape index (κ2) is 8.32. The van der Waals surface area contributed by atoms with Crippen LogP contribution in [0.2, 0.25) is 0 Å². The van der Waals surface area contributed by atoms with Crippen LogP contribution >= 0.6 is 12.4 Å². The van der Waals surface area contributed by atoms with Crippen LogP contribution in [0.15, 0.2) is 0 Å². The molecule has 0 aromatic rings. The van der Waals surface area contributed by atoms with Gasteiger partial charge >= 0.3 is 0 Å². The van der Waals surface area contributed by atoms with Crippen LogP contribution in [0.4, 0.5) is 0 Å². The van der Waals surface area contributed by atoms with Gasteiger partial charge in [-0.25, -0.2) is 0 Å². The third-order valence-electron chi connectivity index (χ3n) is 4.85. The van der Waals surface area contributed by atoms with Gasteiger partial charge < -0.3 is 15.5 Å². The summed E-state index contributed by atoms with van der Waals surface area (Å²) in [5.41, 5.74) is 5.99. The number of likely N-dealkylation sites (N-methyl/N-ethyl adjacent to an activating group) is 1. The summed E-state index contributed by atoms with van der Waals surface area (Å²) in [6.07, 6.45) is 1.10. The van der Waals surface area contributed by atoms with E-state index >= 15 is 0 Å². The van der Waals surface area contributed by atoms with Crippen molar-refractivity contribution in [2.24, 2.45) is 11.7 Å². The van der Waals surface area contributed by atoms with Crippen molar-refractivity contribution < 1.29 is 4.79 Å². The molecule has 0 saturated carbocycles. The molecule has 2 rings (SSSR count). The first-order chi connectivity index (χ1) is 9.52. The largest absolute Gasteiger partial charge is 0.340 e. The van der Waals surface area contributed by atoms with Crippen LogP contribution in [-0.2, 0) is 4.79 Å². The van der Waals surface area contributed by atoms with E-state index in [1.54, 1.807) is 0 Å². The Labute approximate surface area is 135 Å². The van der Waals surface area contributed by atoms with Crippen molar-refractivity contribution in [1.29, 1.82) is 0 Å². The second-order valence-corrected chi connectivity index (χ2v) is 6.47. The number of piperazine rings is 1. The number of carbonyl (C=O) groups is 1. The van der Waals surface area contributed by atoms with Crippen LogP contribution < -0.4 is 5.73 Å². The van der Waals surface area contributed by atoms with Gasteiger partial charge in [-0.05, 0) is 18.9 Å². The van der Waals surface area contributed by atoms with E-state index in [1.165, 1.54) is 0 Å². The summed E-state index contributed by atoms with van der Waals surface area (Å²) in [6.45, 7) is 13.7. The molecule has 21 heavy (non-hydrogen) atoms. The van der Waals surface area contributed by atoms with Crippen molar-refractivity contribution in [3.8, 4) is 0 Å². The van der Waals surface area contributed by atoms with Crippen molar-refractivity contribution in [1.82, 2.24) is 14.7 Å². The van der Waals surface area contributed by atoms with Crippen LogP contribution in [0, 0.1) is 5.92 Å². The highest BCUT2D eigenvalue weighted by molar-refractivity contribution is 5.85. The van der Waals surface area contributed by atoms with Crippen molar-refractivity contribution in [2.45, 2.75) is 39.3 Å². The fourth-order valence-corrected chi connectivity index (χ4v) is 3.18. The quantitative estimate of drug-likeness (QED) is 0.826. The van der Waals surface area contributed by atoms with E-state index in [-0.39, 0.29) is 30.3 Å². The van der Waals surface area contributed by atoms with Crippen molar-refractivity contribution >= 4 is 18.3 Å². The lowest BCUT2D eigenvalue weighted by atomic mass is 10.0. The Kier molecular flexibility index (Phi) is 7.40. The number of halogens is 1. The Morgan fingerprint density at radius 3 is 2.33 bits per heavy atom. The first kappa shape index (κ1) is 18.7. The van der Waals surface area contributed by atoms with Gasteiger partial charge in [0.1, 0.15) is 0 Å². The van der Waals surface area contributed by atoms with Gasteiger partial charge in [-0.3, -0.25) is 9.69 Å². The Morgan fingerprint density at radius 1 is 1.19 bits per heavy atom. The van der Waals surface area contributed by atoms with Gasteiger partial charge in [0, 0.05) is 45.3 Å². The van der Waals surface area contributed by atoms with Gasteiger partial charge in [-0.1, -0.05) is 20.8 Å². The van der Waals surface area contributed by atoms with E-state index in [2.05, 4.69) is 16.7 Å². The number of likely N-dealkylation sites (tertiary alicyclic amines) is 1. The Hall–Kier alpha value is -0.360. The van der Waals surface area contributed by atoms with E-state index in [9.17, 15) is 4.79 Å². The molecule has 0 aromatic carbocycles. The smallest absolute Gasteiger partial charge is 0.239 e. The molecule has 2 aliphatic heterocycles. The molecule has 2 aliphatic rings. The molecule has 1 unspecified atom stereocenters.